The number of hydrogen-bond donors (Lipinski definition) is 0. The average Bonchev–Trinajstić information content (AvgIpc) is 2.87. The Balaban J connectivity index is 1.08. The van der Waals surface area contributed by atoms with Crippen LogP contribution in [0.25, 0.3) is 6.08 Å². The van der Waals surface area contributed by atoms with Gasteiger partial charge in [0.2, 0.25) is 0 Å². The minimum absolute atomic E-state index is 0.0790. The number of likely N-dealkylation sites (tertiary alicyclic amines) is 1. The molecular weight excluding hydrogens is 460 g/mol. The first-order chi connectivity index (χ1) is 18.0. The number of ether oxygens (including phenoxy) is 1. The second-order valence-corrected chi connectivity index (χ2v) is 12.9. The lowest BCUT2D eigenvalue weighted by Gasteiger charge is -2.55. The zero-order valence-electron chi connectivity index (χ0n) is 21.9. The summed E-state index contributed by atoms with van der Waals surface area (Å²) >= 11 is 0. The molecule has 2 aliphatic heterocycles. The van der Waals surface area contributed by atoms with E-state index in [9.17, 15) is 9.59 Å². The topological polar surface area (TPSA) is 51.5 Å². The van der Waals surface area contributed by atoms with Crippen molar-refractivity contribution < 1.29 is 9.53 Å². The number of ketones is 1. The van der Waals surface area contributed by atoms with Gasteiger partial charge in [0.15, 0.2) is 5.78 Å². The molecule has 0 radical (unpaired) electrons. The Hall–Kier alpha value is -2.66. The number of carbonyl (C=O) groups is 1. The molecule has 0 unspecified atom stereocenters. The van der Waals surface area contributed by atoms with E-state index in [2.05, 4.69) is 23.1 Å². The van der Waals surface area contributed by atoms with Crippen molar-refractivity contribution in [2.75, 3.05) is 20.2 Å². The lowest BCUT2D eigenvalue weighted by molar-refractivity contribution is -0.138. The van der Waals surface area contributed by atoms with E-state index in [1.807, 2.05) is 28.9 Å². The quantitative estimate of drug-likeness (QED) is 0.509. The van der Waals surface area contributed by atoms with Crippen molar-refractivity contribution in [2.24, 2.45) is 29.1 Å². The monoisotopic (exact) mass is 498 g/mol. The van der Waals surface area contributed by atoms with E-state index in [1.165, 1.54) is 25.0 Å². The molecule has 5 nitrogen and oxygen atoms in total. The summed E-state index contributed by atoms with van der Waals surface area (Å²) in [5, 5.41) is 0. The first kappa shape index (κ1) is 23.5. The third-order valence-corrected chi connectivity index (χ3v) is 10.2. The van der Waals surface area contributed by atoms with E-state index in [0.717, 1.165) is 86.5 Å². The zero-order chi connectivity index (χ0) is 25.1. The Morgan fingerprint density at radius 2 is 1.73 bits per heavy atom. The highest BCUT2D eigenvalue weighted by molar-refractivity contribution is 5.98. The summed E-state index contributed by atoms with van der Waals surface area (Å²) in [5.74, 6) is 4.51. The van der Waals surface area contributed by atoms with E-state index in [1.54, 1.807) is 13.2 Å². The van der Waals surface area contributed by atoms with Crippen LogP contribution in [-0.4, -0.2) is 35.4 Å². The van der Waals surface area contributed by atoms with Crippen LogP contribution in [0.5, 0.6) is 5.75 Å². The smallest absolute Gasteiger partial charge is 0.250 e. The summed E-state index contributed by atoms with van der Waals surface area (Å²) in [6.07, 6.45) is 12.5. The van der Waals surface area contributed by atoms with Gasteiger partial charge in [-0.15, -0.1) is 0 Å². The van der Waals surface area contributed by atoms with Crippen molar-refractivity contribution in [1.29, 1.82) is 0 Å². The summed E-state index contributed by atoms with van der Waals surface area (Å²) in [4.78, 5) is 28.4. The predicted octanol–water partition coefficient (Wildman–Crippen LogP) is 5.27. The number of rotatable bonds is 6. The SMILES string of the molecule is COc1ccc(C=CC(=O)C23CC4CC(CC(C4)C2)C3)cc1CN1C[C@H]2C[C@@H](C1)c1cccc(=O)n1C2. The number of hydrogen-bond acceptors (Lipinski definition) is 4. The normalized spacial score (nSPS) is 34.0. The largest absolute Gasteiger partial charge is 0.496 e. The third-order valence-electron chi connectivity index (χ3n) is 10.2. The molecule has 4 aliphatic carbocycles. The lowest BCUT2D eigenvalue weighted by atomic mass is 9.48. The Morgan fingerprint density at radius 1 is 0.973 bits per heavy atom. The van der Waals surface area contributed by atoms with Crippen LogP contribution in [0.15, 0.2) is 47.3 Å². The number of pyridine rings is 1. The highest BCUT2D eigenvalue weighted by Gasteiger charge is 2.53. The van der Waals surface area contributed by atoms with Crippen LogP contribution in [0.1, 0.15) is 67.7 Å². The first-order valence-corrected chi connectivity index (χ1v) is 14.3. The van der Waals surface area contributed by atoms with E-state index in [-0.39, 0.29) is 11.0 Å². The lowest BCUT2D eigenvalue weighted by Crippen LogP contribution is -2.49. The number of piperidine rings is 1. The second-order valence-electron chi connectivity index (χ2n) is 12.9. The van der Waals surface area contributed by atoms with Gasteiger partial charge in [0.25, 0.3) is 5.56 Å². The highest BCUT2D eigenvalue weighted by Crippen LogP contribution is 2.60. The molecule has 5 fully saturated rings. The van der Waals surface area contributed by atoms with Gasteiger partial charge in [-0.25, -0.2) is 0 Å². The standard InChI is InChI=1S/C32H38N2O3/c1-37-29-7-5-21(6-8-30(35)32-14-22-9-23(15-32)11-24(10-22)16-32)12-27(29)20-33-17-25-13-26(19-33)28-3-2-4-31(36)34(28)18-25/h2-8,12,22-26H,9-11,13-20H2,1H3/t22?,23?,24?,25-,26+,32?/m1/s1. The molecule has 2 atom stereocenters. The third kappa shape index (κ3) is 4.20. The zero-order valence-corrected chi connectivity index (χ0v) is 21.9. The average molecular weight is 499 g/mol. The maximum absolute atomic E-state index is 13.5. The highest BCUT2D eigenvalue weighted by atomic mass is 16.5. The van der Waals surface area contributed by atoms with Crippen molar-refractivity contribution in [3.63, 3.8) is 0 Å². The van der Waals surface area contributed by atoms with Crippen molar-refractivity contribution in [3.8, 4) is 5.75 Å². The molecule has 0 N–H and O–H groups in total. The van der Waals surface area contributed by atoms with Gasteiger partial charge in [0, 0.05) is 54.8 Å². The molecule has 1 saturated heterocycles. The Labute approximate surface area is 219 Å². The minimum Gasteiger partial charge on any atom is -0.496 e. The van der Waals surface area contributed by atoms with E-state index >= 15 is 0 Å². The Bertz CT molecular complexity index is 1270. The van der Waals surface area contributed by atoms with Gasteiger partial charge in [-0.2, -0.15) is 0 Å². The summed E-state index contributed by atoms with van der Waals surface area (Å²) in [5.41, 5.74) is 3.47. The van der Waals surface area contributed by atoms with Crippen LogP contribution in [-0.2, 0) is 17.9 Å². The Kier molecular flexibility index (Phi) is 5.69. The van der Waals surface area contributed by atoms with Gasteiger partial charge in [0.1, 0.15) is 5.75 Å². The molecule has 5 heteroatoms. The Morgan fingerprint density at radius 3 is 2.46 bits per heavy atom. The van der Waals surface area contributed by atoms with Gasteiger partial charge in [-0.3, -0.25) is 14.5 Å². The van der Waals surface area contributed by atoms with Crippen LogP contribution in [0.4, 0.5) is 0 Å². The summed E-state index contributed by atoms with van der Waals surface area (Å²) < 4.78 is 7.72. The molecule has 37 heavy (non-hydrogen) atoms. The maximum atomic E-state index is 13.5. The van der Waals surface area contributed by atoms with Crippen LogP contribution in [0.2, 0.25) is 0 Å². The van der Waals surface area contributed by atoms with Gasteiger partial charge in [0.05, 0.1) is 7.11 Å². The van der Waals surface area contributed by atoms with Crippen molar-refractivity contribution in [3.05, 3.63) is 69.6 Å². The number of benzene rings is 1. The molecule has 3 heterocycles. The molecular formula is C32H38N2O3. The number of allylic oxidation sites excluding steroid dienone is 1. The van der Waals surface area contributed by atoms with E-state index in [0.29, 0.717) is 17.6 Å². The van der Waals surface area contributed by atoms with Crippen LogP contribution >= 0.6 is 0 Å². The predicted molar refractivity (Wildman–Crippen MR) is 144 cm³/mol. The van der Waals surface area contributed by atoms with Gasteiger partial charge in [-0.1, -0.05) is 18.2 Å². The fourth-order valence-corrected chi connectivity index (χ4v) is 9.15. The molecule has 1 aromatic heterocycles. The molecule has 1 aromatic carbocycles. The fourth-order valence-electron chi connectivity index (χ4n) is 9.15. The van der Waals surface area contributed by atoms with Crippen molar-refractivity contribution in [1.82, 2.24) is 9.47 Å². The number of carbonyl (C=O) groups excluding carboxylic acids is 1. The molecule has 8 rings (SSSR count). The maximum Gasteiger partial charge on any atom is 0.250 e. The number of fused-ring (bicyclic) bond motifs is 4. The van der Waals surface area contributed by atoms with Crippen molar-refractivity contribution in [2.45, 2.75) is 64.0 Å². The molecule has 2 aromatic rings. The summed E-state index contributed by atoms with van der Waals surface area (Å²) in [6.45, 7) is 3.57. The summed E-state index contributed by atoms with van der Waals surface area (Å²) in [6, 6.07) is 12.0. The van der Waals surface area contributed by atoms with Crippen molar-refractivity contribution >= 4 is 11.9 Å². The molecule has 0 spiro atoms. The van der Waals surface area contributed by atoms with Crippen LogP contribution in [0.3, 0.4) is 0 Å². The van der Waals surface area contributed by atoms with Gasteiger partial charge in [-0.05, 0) is 98.5 Å². The molecule has 6 aliphatic rings. The molecule has 0 amide bonds. The second kappa shape index (κ2) is 8.97. The van der Waals surface area contributed by atoms with Crippen LogP contribution in [0, 0.1) is 29.1 Å². The molecule has 6 bridgehead atoms. The number of methoxy groups -OCH3 is 1. The van der Waals surface area contributed by atoms with E-state index < -0.39 is 0 Å². The minimum atomic E-state index is -0.0790. The molecule has 4 saturated carbocycles. The molecule has 194 valence electrons. The number of aromatic nitrogens is 1. The number of nitrogens with zero attached hydrogens (tertiary/aromatic N) is 2. The van der Waals surface area contributed by atoms with E-state index in [4.69, 9.17) is 4.74 Å². The first-order valence-electron chi connectivity index (χ1n) is 14.3. The van der Waals surface area contributed by atoms with Gasteiger partial charge >= 0.3 is 0 Å². The van der Waals surface area contributed by atoms with Gasteiger partial charge < -0.3 is 9.30 Å². The summed E-state index contributed by atoms with van der Waals surface area (Å²) in [7, 11) is 1.73. The fraction of sp³-hybridized carbons (Fsp3) is 0.562. The van der Waals surface area contributed by atoms with Crippen LogP contribution < -0.4 is 10.3 Å².